The second-order valence-corrected chi connectivity index (χ2v) is 6.19. The van der Waals surface area contributed by atoms with Gasteiger partial charge < -0.3 is 21.1 Å². The Morgan fingerprint density at radius 1 is 1.07 bits per heavy atom. The molecule has 0 bridgehead atoms. The van der Waals surface area contributed by atoms with Crippen molar-refractivity contribution >= 4 is 22.8 Å². The van der Waals surface area contributed by atoms with Gasteiger partial charge in [0.15, 0.2) is 0 Å². The fraction of sp³-hybridized carbons (Fsp3) is 0.200. The van der Waals surface area contributed by atoms with Crippen molar-refractivity contribution in [2.75, 3.05) is 0 Å². The highest BCUT2D eigenvalue weighted by Gasteiger charge is 2.38. The lowest BCUT2D eigenvalue weighted by molar-refractivity contribution is -0.192. The minimum absolute atomic E-state index is 0.332. The zero-order valence-corrected chi connectivity index (χ0v) is 15.2. The zero-order valence-electron chi connectivity index (χ0n) is 15.2. The highest BCUT2D eigenvalue weighted by molar-refractivity contribution is 5.85. The van der Waals surface area contributed by atoms with E-state index in [1.165, 1.54) is 0 Å². The fourth-order valence-electron chi connectivity index (χ4n) is 2.63. The van der Waals surface area contributed by atoms with Crippen molar-refractivity contribution in [3.05, 3.63) is 71.9 Å². The monoisotopic (exact) mass is 407 g/mol. The Morgan fingerprint density at radius 2 is 1.66 bits per heavy atom. The van der Waals surface area contributed by atoms with Gasteiger partial charge in [0.05, 0.1) is 6.04 Å². The summed E-state index contributed by atoms with van der Waals surface area (Å²) in [6, 6.07) is 17.7. The second kappa shape index (κ2) is 9.74. The average Bonchev–Trinajstić information content (AvgIpc) is 3.08. The molecule has 3 aromatic rings. The number of para-hydroxylation sites is 1. The van der Waals surface area contributed by atoms with Crippen LogP contribution in [0.3, 0.4) is 0 Å². The van der Waals surface area contributed by atoms with Crippen molar-refractivity contribution in [3.8, 4) is 0 Å². The lowest BCUT2D eigenvalue weighted by Crippen LogP contribution is -2.42. The molecule has 1 atom stereocenters. The Labute approximate surface area is 164 Å². The molecule has 0 aliphatic rings. The number of carbonyl (C=O) groups excluding carboxylic acids is 1. The van der Waals surface area contributed by atoms with Crippen LogP contribution in [-0.4, -0.2) is 34.2 Å². The molecule has 0 fully saturated rings. The van der Waals surface area contributed by atoms with Crippen LogP contribution < -0.4 is 11.1 Å². The molecular weight excluding hydrogens is 387 g/mol. The van der Waals surface area contributed by atoms with E-state index in [4.69, 9.17) is 15.6 Å². The maximum absolute atomic E-state index is 11.7. The van der Waals surface area contributed by atoms with Crippen LogP contribution in [0.25, 0.3) is 10.9 Å². The number of fused-ring (bicyclic) bond motifs is 1. The predicted octanol–water partition coefficient (Wildman–Crippen LogP) is 2.99. The molecule has 1 heterocycles. The fourth-order valence-corrected chi connectivity index (χ4v) is 2.63. The van der Waals surface area contributed by atoms with Crippen LogP contribution >= 0.6 is 0 Å². The predicted molar refractivity (Wildman–Crippen MR) is 102 cm³/mol. The number of rotatable bonds is 6. The number of amides is 1. The highest BCUT2D eigenvalue weighted by Crippen LogP contribution is 2.19. The van der Waals surface area contributed by atoms with Crippen molar-refractivity contribution in [1.29, 1.82) is 0 Å². The average molecular weight is 407 g/mol. The first-order valence-electron chi connectivity index (χ1n) is 8.60. The number of H-pyrrole nitrogens is 1. The lowest BCUT2D eigenvalue weighted by atomic mass is 10.0. The molecular formula is C20H20F3N3O3. The van der Waals surface area contributed by atoms with Crippen molar-refractivity contribution < 1.29 is 27.9 Å². The van der Waals surface area contributed by atoms with Gasteiger partial charge in [-0.3, -0.25) is 4.79 Å². The van der Waals surface area contributed by atoms with E-state index in [2.05, 4.69) is 16.4 Å². The van der Waals surface area contributed by atoms with Gasteiger partial charge >= 0.3 is 12.1 Å². The first kappa shape index (κ1) is 22.0. The molecule has 29 heavy (non-hydrogen) atoms. The number of aromatic amines is 1. The minimum atomic E-state index is -5.08. The van der Waals surface area contributed by atoms with Crippen LogP contribution in [0.5, 0.6) is 0 Å². The minimum Gasteiger partial charge on any atom is -0.475 e. The quantitative estimate of drug-likeness (QED) is 0.504. The normalized spacial score (nSPS) is 12.1. The van der Waals surface area contributed by atoms with Gasteiger partial charge in [-0.05, 0) is 23.6 Å². The summed E-state index contributed by atoms with van der Waals surface area (Å²) >= 11 is 0. The molecule has 0 saturated heterocycles. The Bertz CT molecular complexity index is 956. The number of aliphatic carboxylic acids is 1. The molecule has 9 heteroatoms. The number of carbonyl (C=O) groups is 2. The summed E-state index contributed by atoms with van der Waals surface area (Å²) in [4.78, 5) is 23.9. The first-order chi connectivity index (χ1) is 13.7. The molecule has 6 nitrogen and oxygen atoms in total. The summed E-state index contributed by atoms with van der Waals surface area (Å²) in [6.45, 7) is 0.622. The number of primary amides is 1. The maximum atomic E-state index is 11.7. The van der Waals surface area contributed by atoms with E-state index < -0.39 is 12.1 Å². The Kier molecular flexibility index (Phi) is 7.38. The van der Waals surface area contributed by atoms with E-state index in [1.807, 2.05) is 54.7 Å². The summed E-state index contributed by atoms with van der Waals surface area (Å²) in [5.41, 5.74) is 8.85. The lowest BCUT2D eigenvalue weighted by Gasteiger charge is -2.15. The van der Waals surface area contributed by atoms with Crippen LogP contribution in [0, 0.1) is 0 Å². The molecule has 0 spiro atoms. The molecule has 1 aromatic heterocycles. The molecule has 0 aliphatic carbocycles. The largest absolute Gasteiger partial charge is 0.490 e. The number of hydrogen-bond donors (Lipinski definition) is 4. The Balaban J connectivity index is 0.000000370. The summed E-state index contributed by atoms with van der Waals surface area (Å²) in [5.74, 6) is -3.09. The number of alkyl halides is 3. The summed E-state index contributed by atoms with van der Waals surface area (Å²) in [5, 5.41) is 11.5. The van der Waals surface area contributed by atoms with Crippen molar-refractivity contribution in [1.82, 2.24) is 10.3 Å². The zero-order chi connectivity index (χ0) is 21.4. The van der Waals surface area contributed by atoms with Gasteiger partial charge in [-0.1, -0.05) is 48.5 Å². The number of benzene rings is 2. The van der Waals surface area contributed by atoms with Crippen molar-refractivity contribution in [2.24, 2.45) is 5.73 Å². The van der Waals surface area contributed by atoms with Crippen molar-refractivity contribution in [2.45, 2.75) is 25.2 Å². The SMILES string of the molecule is NC(=O)C(Cc1c[nH]c2ccccc12)NCc1ccccc1.O=C(O)C(F)(F)F. The number of hydrogen-bond acceptors (Lipinski definition) is 3. The van der Waals surface area contributed by atoms with E-state index in [0.717, 1.165) is 22.0 Å². The van der Waals surface area contributed by atoms with Gasteiger partial charge in [-0.2, -0.15) is 13.2 Å². The van der Waals surface area contributed by atoms with Crippen LogP contribution in [-0.2, 0) is 22.6 Å². The Hall–Kier alpha value is -3.33. The van der Waals surface area contributed by atoms with Gasteiger partial charge in [0.25, 0.3) is 0 Å². The molecule has 154 valence electrons. The highest BCUT2D eigenvalue weighted by atomic mass is 19.4. The van der Waals surface area contributed by atoms with Crippen LogP contribution in [0.4, 0.5) is 13.2 Å². The molecule has 5 N–H and O–H groups in total. The number of aromatic nitrogens is 1. The molecule has 1 amide bonds. The van der Waals surface area contributed by atoms with Crippen LogP contribution in [0.2, 0.25) is 0 Å². The summed E-state index contributed by atoms with van der Waals surface area (Å²) in [6.07, 6.45) is -2.56. The number of nitrogens with two attached hydrogens (primary N) is 1. The Morgan fingerprint density at radius 3 is 2.24 bits per heavy atom. The molecule has 0 saturated carbocycles. The van der Waals surface area contributed by atoms with E-state index in [-0.39, 0.29) is 11.9 Å². The van der Waals surface area contributed by atoms with E-state index >= 15 is 0 Å². The summed E-state index contributed by atoms with van der Waals surface area (Å²) < 4.78 is 31.7. The van der Waals surface area contributed by atoms with E-state index in [1.54, 1.807) is 0 Å². The first-order valence-corrected chi connectivity index (χ1v) is 8.60. The van der Waals surface area contributed by atoms with Crippen LogP contribution in [0.1, 0.15) is 11.1 Å². The number of carboxylic acids is 1. The van der Waals surface area contributed by atoms with Gasteiger partial charge in [0.2, 0.25) is 5.91 Å². The van der Waals surface area contributed by atoms with Gasteiger partial charge in [-0.25, -0.2) is 4.79 Å². The molecule has 0 radical (unpaired) electrons. The second-order valence-electron chi connectivity index (χ2n) is 6.19. The number of carboxylic acid groups (broad SMARTS) is 1. The third-order valence-electron chi connectivity index (χ3n) is 4.08. The summed E-state index contributed by atoms with van der Waals surface area (Å²) in [7, 11) is 0. The molecule has 0 aliphatic heterocycles. The maximum Gasteiger partial charge on any atom is 0.490 e. The third-order valence-corrected chi connectivity index (χ3v) is 4.08. The van der Waals surface area contributed by atoms with E-state index in [9.17, 15) is 18.0 Å². The van der Waals surface area contributed by atoms with Gasteiger partial charge in [-0.15, -0.1) is 0 Å². The molecule has 1 unspecified atom stereocenters. The third kappa shape index (κ3) is 6.65. The molecule has 3 rings (SSSR count). The topological polar surface area (TPSA) is 108 Å². The van der Waals surface area contributed by atoms with Crippen molar-refractivity contribution in [3.63, 3.8) is 0 Å². The van der Waals surface area contributed by atoms with E-state index in [0.29, 0.717) is 13.0 Å². The number of halogens is 3. The standard InChI is InChI=1S/C18H19N3O.C2HF3O2/c19-18(22)17(20-11-13-6-2-1-3-7-13)10-14-12-21-16-9-5-4-8-15(14)16;3-2(4,5)1(6)7/h1-9,12,17,20-21H,10-11H2,(H2,19,22);(H,6,7). The van der Waals surface area contributed by atoms with Gasteiger partial charge in [0.1, 0.15) is 0 Å². The molecule has 2 aromatic carbocycles. The smallest absolute Gasteiger partial charge is 0.475 e. The number of nitrogens with one attached hydrogen (secondary N) is 2. The van der Waals surface area contributed by atoms with Crippen LogP contribution in [0.15, 0.2) is 60.8 Å². The van der Waals surface area contributed by atoms with Gasteiger partial charge in [0, 0.05) is 23.6 Å².